The van der Waals surface area contributed by atoms with Gasteiger partial charge in [0.1, 0.15) is 10.7 Å². The third kappa shape index (κ3) is 3.17. The van der Waals surface area contributed by atoms with E-state index in [1.165, 1.54) is 0 Å². The van der Waals surface area contributed by atoms with Crippen molar-refractivity contribution in [2.45, 2.75) is 20.4 Å². The predicted octanol–water partition coefficient (Wildman–Crippen LogP) is 3.09. The van der Waals surface area contributed by atoms with Gasteiger partial charge in [-0.25, -0.2) is 4.98 Å². The van der Waals surface area contributed by atoms with Gasteiger partial charge in [-0.05, 0) is 13.8 Å². The highest BCUT2D eigenvalue weighted by atomic mass is 32.1. The molecule has 0 fully saturated rings. The third-order valence-corrected chi connectivity index (χ3v) is 4.68. The summed E-state index contributed by atoms with van der Waals surface area (Å²) in [6.07, 6.45) is 0. The lowest BCUT2D eigenvalue weighted by Crippen LogP contribution is -2.26. The molecule has 2 heterocycles. The number of hydrogen-bond donors (Lipinski definition) is 1. The van der Waals surface area contributed by atoms with Crippen LogP contribution in [-0.4, -0.2) is 20.7 Å². The monoisotopic (exact) mass is 326 g/mol. The van der Waals surface area contributed by atoms with Crippen LogP contribution >= 0.6 is 11.3 Å². The molecule has 0 aliphatic carbocycles. The van der Waals surface area contributed by atoms with E-state index in [1.54, 1.807) is 23.1 Å². The average Bonchev–Trinajstić information content (AvgIpc) is 3.11. The van der Waals surface area contributed by atoms with Gasteiger partial charge in [0.25, 0.3) is 5.91 Å². The van der Waals surface area contributed by atoms with Crippen molar-refractivity contribution in [1.29, 1.82) is 0 Å². The first kappa shape index (κ1) is 15.4. The number of carbonyl (C=O) groups excluding carboxylic acids is 1. The number of aryl methyl sites for hydroxylation is 2. The SMILES string of the molecule is Cc1nn(C)c(C(=O)NCc2csc(-c3ccccc3)n2)c1C. The molecule has 0 radical (unpaired) electrons. The van der Waals surface area contributed by atoms with Crippen molar-refractivity contribution in [3.05, 3.63) is 58.4 Å². The van der Waals surface area contributed by atoms with Crippen molar-refractivity contribution in [3.8, 4) is 10.6 Å². The Bertz CT molecular complexity index is 836. The van der Waals surface area contributed by atoms with Crippen molar-refractivity contribution in [2.24, 2.45) is 7.05 Å². The number of rotatable bonds is 4. The number of amides is 1. The fraction of sp³-hybridized carbons (Fsp3) is 0.235. The molecule has 5 nitrogen and oxygen atoms in total. The lowest BCUT2D eigenvalue weighted by Gasteiger charge is -2.05. The Morgan fingerprint density at radius 2 is 2.00 bits per heavy atom. The topological polar surface area (TPSA) is 59.8 Å². The van der Waals surface area contributed by atoms with Crippen LogP contribution in [0.25, 0.3) is 10.6 Å². The molecule has 3 rings (SSSR count). The quantitative estimate of drug-likeness (QED) is 0.801. The first-order valence-electron chi connectivity index (χ1n) is 7.34. The average molecular weight is 326 g/mol. The van der Waals surface area contributed by atoms with Crippen LogP contribution in [0, 0.1) is 13.8 Å². The van der Waals surface area contributed by atoms with Gasteiger partial charge in [-0.2, -0.15) is 5.10 Å². The van der Waals surface area contributed by atoms with Crippen molar-refractivity contribution < 1.29 is 4.79 Å². The minimum atomic E-state index is -0.125. The van der Waals surface area contributed by atoms with E-state index in [9.17, 15) is 4.79 Å². The largest absolute Gasteiger partial charge is 0.345 e. The van der Waals surface area contributed by atoms with Gasteiger partial charge >= 0.3 is 0 Å². The summed E-state index contributed by atoms with van der Waals surface area (Å²) in [5.74, 6) is -0.125. The summed E-state index contributed by atoms with van der Waals surface area (Å²) in [4.78, 5) is 16.9. The second kappa shape index (κ2) is 6.34. The summed E-state index contributed by atoms with van der Waals surface area (Å²) in [5.41, 5.74) is 4.33. The maximum atomic E-state index is 12.4. The second-order valence-corrected chi connectivity index (χ2v) is 6.23. The number of benzene rings is 1. The summed E-state index contributed by atoms with van der Waals surface area (Å²) < 4.78 is 1.62. The lowest BCUT2D eigenvalue weighted by atomic mass is 10.2. The molecule has 0 bridgehead atoms. The van der Waals surface area contributed by atoms with Crippen LogP contribution in [0.15, 0.2) is 35.7 Å². The molecule has 118 valence electrons. The number of thiazole rings is 1. The Kier molecular flexibility index (Phi) is 4.25. The minimum Gasteiger partial charge on any atom is -0.345 e. The maximum Gasteiger partial charge on any atom is 0.270 e. The smallest absolute Gasteiger partial charge is 0.270 e. The molecule has 1 amide bonds. The molecule has 0 unspecified atom stereocenters. The first-order chi connectivity index (χ1) is 11.1. The molecule has 0 aliphatic heterocycles. The molecule has 1 N–H and O–H groups in total. The van der Waals surface area contributed by atoms with Crippen LogP contribution in [0.3, 0.4) is 0 Å². The number of carbonyl (C=O) groups is 1. The summed E-state index contributed by atoms with van der Waals surface area (Å²) in [6, 6.07) is 10.0. The summed E-state index contributed by atoms with van der Waals surface area (Å²) >= 11 is 1.58. The van der Waals surface area contributed by atoms with Crippen LogP contribution in [-0.2, 0) is 13.6 Å². The molecule has 0 atom stereocenters. The zero-order valence-corrected chi connectivity index (χ0v) is 14.1. The Morgan fingerprint density at radius 1 is 1.26 bits per heavy atom. The van der Waals surface area contributed by atoms with Crippen molar-refractivity contribution in [3.63, 3.8) is 0 Å². The minimum absolute atomic E-state index is 0.125. The maximum absolute atomic E-state index is 12.4. The van der Waals surface area contributed by atoms with E-state index in [1.807, 2.05) is 49.6 Å². The van der Waals surface area contributed by atoms with Crippen LogP contribution in [0.1, 0.15) is 27.4 Å². The van der Waals surface area contributed by atoms with E-state index in [0.29, 0.717) is 12.2 Å². The van der Waals surface area contributed by atoms with E-state index in [4.69, 9.17) is 0 Å². The Labute approximate surface area is 139 Å². The Hall–Kier alpha value is -2.47. The van der Waals surface area contributed by atoms with E-state index < -0.39 is 0 Å². The van der Waals surface area contributed by atoms with Crippen molar-refractivity contribution in [2.75, 3.05) is 0 Å². The number of nitrogens with zero attached hydrogens (tertiary/aromatic N) is 3. The molecule has 3 aromatic rings. The van der Waals surface area contributed by atoms with Gasteiger partial charge in [0.2, 0.25) is 0 Å². The predicted molar refractivity (Wildman–Crippen MR) is 91.4 cm³/mol. The molecular formula is C17H18N4OS. The van der Waals surface area contributed by atoms with Crippen LogP contribution < -0.4 is 5.32 Å². The highest BCUT2D eigenvalue weighted by Crippen LogP contribution is 2.23. The Morgan fingerprint density at radius 3 is 2.65 bits per heavy atom. The number of hydrogen-bond acceptors (Lipinski definition) is 4. The van der Waals surface area contributed by atoms with Gasteiger partial charge in [-0.15, -0.1) is 11.3 Å². The lowest BCUT2D eigenvalue weighted by molar-refractivity contribution is 0.0940. The molecule has 0 spiro atoms. The molecule has 6 heteroatoms. The van der Waals surface area contributed by atoms with Gasteiger partial charge < -0.3 is 5.32 Å². The van der Waals surface area contributed by atoms with E-state index >= 15 is 0 Å². The van der Waals surface area contributed by atoms with E-state index in [0.717, 1.165) is 27.5 Å². The van der Waals surface area contributed by atoms with E-state index in [-0.39, 0.29) is 5.91 Å². The fourth-order valence-electron chi connectivity index (χ4n) is 2.44. The standard InChI is InChI=1S/C17H18N4OS/c1-11-12(2)20-21(3)15(11)16(22)18-9-14-10-23-17(19-14)13-7-5-4-6-8-13/h4-8,10H,9H2,1-3H3,(H,18,22). The molecule has 2 aromatic heterocycles. The molecule has 0 saturated carbocycles. The van der Waals surface area contributed by atoms with Crippen LogP contribution in [0.5, 0.6) is 0 Å². The second-order valence-electron chi connectivity index (χ2n) is 5.38. The molecule has 0 saturated heterocycles. The van der Waals surface area contributed by atoms with Gasteiger partial charge in [0.15, 0.2) is 0 Å². The first-order valence-corrected chi connectivity index (χ1v) is 8.22. The fourth-order valence-corrected chi connectivity index (χ4v) is 3.26. The molecular weight excluding hydrogens is 308 g/mol. The van der Waals surface area contributed by atoms with E-state index in [2.05, 4.69) is 15.4 Å². The van der Waals surface area contributed by atoms with Gasteiger partial charge in [0.05, 0.1) is 17.9 Å². The van der Waals surface area contributed by atoms with Crippen molar-refractivity contribution in [1.82, 2.24) is 20.1 Å². The molecule has 1 aromatic carbocycles. The summed E-state index contributed by atoms with van der Waals surface area (Å²) in [6.45, 7) is 4.22. The Balaban J connectivity index is 1.69. The van der Waals surface area contributed by atoms with Crippen LogP contribution in [0.4, 0.5) is 0 Å². The third-order valence-electron chi connectivity index (χ3n) is 3.74. The molecule has 0 aliphatic rings. The van der Waals surface area contributed by atoms with Gasteiger partial charge in [-0.3, -0.25) is 9.48 Å². The highest BCUT2D eigenvalue weighted by Gasteiger charge is 2.17. The number of nitrogens with one attached hydrogen (secondary N) is 1. The summed E-state index contributed by atoms with van der Waals surface area (Å²) in [7, 11) is 1.78. The van der Waals surface area contributed by atoms with Crippen LogP contribution in [0.2, 0.25) is 0 Å². The normalized spacial score (nSPS) is 10.7. The zero-order chi connectivity index (χ0) is 16.4. The zero-order valence-electron chi connectivity index (χ0n) is 13.3. The van der Waals surface area contributed by atoms with Gasteiger partial charge in [-0.1, -0.05) is 30.3 Å². The highest BCUT2D eigenvalue weighted by molar-refractivity contribution is 7.13. The number of aromatic nitrogens is 3. The van der Waals surface area contributed by atoms with Crippen molar-refractivity contribution >= 4 is 17.2 Å². The summed E-state index contributed by atoms with van der Waals surface area (Å²) in [5, 5.41) is 10.1. The van der Waals surface area contributed by atoms with Gasteiger partial charge in [0, 0.05) is 23.6 Å². The molecule has 23 heavy (non-hydrogen) atoms.